The number of Topliss-reactive ketones (excluding diaryl/α,β-unsaturated/α-hetero) is 1. The molecule has 0 fully saturated rings. The van der Waals surface area contributed by atoms with Gasteiger partial charge in [-0.1, -0.05) is 30.3 Å². The van der Waals surface area contributed by atoms with E-state index in [0.717, 1.165) is 17.7 Å². The van der Waals surface area contributed by atoms with Crippen LogP contribution in [0.25, 0.3) is 0 Å². The van der Waals surface area contributed by atoms with Gasteiger partial charge in [-0.2, -0.15) is 0 Å². The molecule has 0 aliphatic carbocycles. The summed E-state index contributed by atoms with van der Waals surface area (Å²) in [6, 6.07) is 11.7. The van der Waals surface area contributed by atoms with E-state index in [1.807, 2.05) is 30.3 Å². The number of hydrogen-bond donors (Lipinski definition) is 2. The van der Waals surface area contributed by atoms with Gasteiger partial charge in [0.25, 0.3) is 11.6 Å². The maximum Gasteiger partial charge on any atom is 0.341 e. The van der Waals surface area contributed by atoms with Crippen LogP contribution in [0.5, 0.6) is 0 Å². The van der Waals surface area contributed by atoms with Gasteiger partial charge in [0, 0.05) is 17.8 Å². The number of ether oxygens (including phenoxy) is 1. The highest BCUT2D eigenvalue weighted by Crippen LogP contribution is 2.20. The van der Waals surface area contributed by atoms with Crippen LogP contribution in [0.2, 0.25) is 0 Å². The van der Waals surface area contributed by atoms with Crippen molar-refractivity contribution >= 4 is 29.0 Å². The number of nitrogens with zero attached hydrogens (tertiary/aromatic N) is 1. The third-order valence-corrected chi connectivity index (χ3v) is 3.91. The van der Waals surface area contributed by atoms with E-state index in [0.29, 0.717) is 6.42 Å². The lowest BCUT2D eigenvalue weighted by molar-refractivity contribution is -0.384. The number of nitro benzene ring substituents is 1. The number of benzene rings is 2. The van der Waals surface area contributed by atoms with Crippen LogP contribution in [0, 0.1) is 10.1 Å². The highest BCUT2D eigenvalue weighted by Gasteiger charge is 2.20. The van der Waals surface area contributed by atoms with Crippen molar-refractivity contribution in [3.8, 4) is 0 Å². The van der Waals surface area contributed by atoms with E-state index in [9.17, 15) is 24.5 Å². The van der Waals surface area contributed by atoms with E-state index < -0.39 is 29.4 Å². The number of carbonyl (C=O) groups excluding carboxylic acids is 3. The topological polar surface area (TPSA) is 142 Å². The number of hydrogen-bond acceptors (Lipinski definition) is 7. The van der Waals surface area contributed by atoms with Crippen molar-refractivity contribution in [1.82, 2.24) is 5.32 Å². The molecule has 0 unspecified atom stereocenters. The predicted octanol–water partition coefficient (Wildman–Crippen LogP) is 1.65. The molecule has 146 valence electrons. The number of esters is 1. The number of carbonyl (C=O) groups is 3. The summed E-state index contributed by atoms with van der Waals surface area (Å²) < 4.78 is 4.87. The second-order valence-corrected chi connectivity index (χ2v) is 6.03. The Bertz CT molecular complexity index is 898. The van der Waals surface area contributed by atoms with Crippen LogP contribution in [0.3, 0.4) is 0 Å². The van der Waals surface area contributed by atoms with Gasteiger partial charge in [0.05, 0.1) is 16.5 Å². The second kappa shape index (κ2) is 9.26. The zero-order valence-electron chi connectivity index (χ0n) is 15.1. The Labute approximate surface area is 160 Å². The van der Waals surface area contributed by atoms with Crippen LogP contribution in [-0.4, -0.2) is 35.2 Å². The zero-order chi connectivity index (χ0) is 20.7. The quantitative estimate of drug-likeness (QED) is 0.304. The molecule has 2 aromatic carbocycles. The van der Waals surface area contributed by atoms with E-state index in [2.05, 4.69) is 5.32 Å². The van der Waals surface area contributed by atoms with Gasteiger partial charge in [-0.25, -0.2) is 4.79 Å². The maximum atomic E-state index is 12.1. The number of rotatable bonds is 8. The van der Waals surface area contributed by atoms with Crippen molar-refractivity contribution in [2.75, 3.05) is 12.3 Å². The first kappa shape index (κ1) is 20.6. The summed E-state index contributed by atoms with van der Waals surface area (Å²) in [6.07, 6.45) is 0.299. The van der Waals surface area contributed by atoms with Crippen molar-refractivity contribution in [2.24, 2.45) is 0 Å². The third kappa shape index (κ3) is 5.63. The number of nitro groups is 1. The van der Waals surface area contributed by atoms with Crippen LogP contribution in [0.4, 0.5) is 11.4 Å². The smallest absolute Gasteiger partial charge is 0.341 e. The summed E-state index contributed by atoms with van der Waals surface area (Å²) >= 11 is 0. The number of nitrogen functional groups attached to an aromatic ring is 1. The fraction of sp³-hybridized carbons (Fsp3) is 0.211. The van der Waals surface area contributed by atoms with Crippen molar-refractivity contribution in [3.63, 3.8) is 0 Å². The molecule has 0 aliphatic heterocycles. The number of nitrogens with two attached hydrogens (primary N) is 1. The maximum absolute atomic E-state index is 12.1. The van der Waals surface area contributed by atoms with Crippen molar-refractivity contribution < 1.29 is 24.0 Å². The summed E-state index contributed by atoms with van der Waals surface area (Å²) in [4.78, 5) is 46.1. The average Bonchev–Trinajstić information content (AvgIpc) is 2.66. The van der Waals surface area contributed by atoms with Gasteiger partial charge in [0.2, 0.25) is 0 Å². The summed E-state index contributed by atoms with van der Waals surface area (Å²) in [5.74, 6) is -1.89. The number of non-ortho nitro benzene ring substituents is 1. The van der Waals surface area contributed by atoms with Crippen molar-refractivity contribution in [1.29, 1.82) is 0 Å². The molecule has 0 bridgehead atoms. The SMILES string of the molecule is CC(=O)[C@H](Cc1ccccc1)NC(=O)COC(=O)c1cc([N+](=O)[O-])ccc1N. The lowest BCUT2D eigenvalue weighted by atomic mass is 10.0. The Morgan fingerprint density at radius 1 is 1.18 bits per heavy atom. The Hall–Kier alpha value is -3.75. The molecule has 3 N–H and O–H groups in total. The molecule has 2 rings (SSSR count). The number of amides is 1. The minimum atomic E-state index is -0.973. The molecule has 2 aromatic rings. The lowest BCUT2D eigenvalue weighted by Gasteiger charge is -2.16. The number of anilines is 1. The number of ketones is 1. The molecular weight excluding hydrogens is 366 g/mol. The van der Waals surface area contributed by atoms with Gasteiger partial charge in [0.1, 0.15) is 0 Å². The first-order valence-electron chi connectivity index (χ1n) is 8.32. The normalized spacial score (nSPS) is 11.3. The largest absolute Gasteiger partial charge is 0.452 e. The molecule has 9 nitrogen and oxygen atoms in total. The molecule has 0 heterocycles. The molecule has 9 heteroatoms. The Kier molecular flexibility index (Phi) is 6.80. The standard InChI is InChI=1S/C19H19N3O6/c1-12(23)17(9-13-5-3-2-4-6-13)21-18(24)11-28-19(25)15-10-14(22(26)27)7-8-16(15)20/h2-8,10,17H,9,11,20H2,1H3,(H,21,24)/t17-/m0/s1. The van der Waals surface area contributed by atoms with Crippen molar-refractivity contribution in [2.45, 2.75) is 19.4 Å². The summed E-state index contributed by atoms with van der Waals surface area (Å²) in [6.45, 7) is 0.698. The van der Waals surface area contributed by atoms with Crippen LogP contribution in [0.15, 0.2) is 48.5 Å². The number of nitrogens with one attached hydrogen (secondary N) is 1. The molecule has 0 spiro atoms. The van der Waals surface area contributed by atoms with Gasteiger partial charge < -0.3 is 15.8 Å². The third-order valence-electron chi connectivity index (χ3n) is 3.91. The van der Waals surface area contributed by atoms with Crippen LogP contribution < -0.4 is 11.1 Å². The van der Waals surface area contributed by atoms with Gasteiger partial charge in [-0.05, 0) is 25.0 Å². The minimum Gasteiger partial charge on any atom is -0.452 e. The molecule has 0 aliphatic rings. The molecule has 1 amide bonds. The fourth-order valence-corrected chi connectivity index (χ4v) is 2.43. The fourth-order valence-electron chi connectivity index (χ4n) is 2.43. The second-order valence-electron chi connectivity index (χ2n) is 6.03. The van der Waals surface area contributed by atoms with E-state index in [1.54, 1.807) is 0 Å². The van der Waals surface area contributed by atoms with E-state index in [4.69, 9.17) is 10.5 Å². The molecular formula is C19H19N3O6. The van der Waals surface area contributed by atoms with Crippen LogP contribution in [-0.2, 0) is 20.7 Å². The molecule has 1 atom stereocenters. The summed E-state index contributed by atoms with van der Waals surface area (Å²) in [5, 5.41) is 13.3. The molecule has 0 aromatic heterocycles. The Morgan fingerprint density at radius 3 is 2.46 bits per heavy atom. The first-order chi connectivity index (χ1) is 13.3. The van der Waals surface area contributed by atoms with E-state index in [1.165, 1.54) is 13.0 Å². The van der Waals surface area contributed by atoms with Gasteiger partial charge in [-0.3, -0.25) is 19.7 Å². The summed E-state index contributed by atoms with van der Waals surface area (Å²) in [5.41, 5.74) is 5.95. The molecule has 0 saturated heterocycles. The van der Waals surface area contributed by atoms with Crippen molar-refractivity contribution in [3.05, 3.63) is 69.8 Å². The first-order valence-corrected chi connectivity index (χ1v) is 8.32. The Morgan fingerprint density at radius 2 is 1.86 bits per heavy atom. The average molecular weight is 385 g/mol. The van der Waals surface area contributed by atoms with E-state index in [-0.39, 0.29) is 22.7 Å². The Balaban J connectivity index is 1.97. The van der Waals surface area contributed by atoms with Gasteiger partial charge >= 0.3 is 5.97 Å². The zero-order valence-corrected chi connectivity index (χ0v) is 15.1. The minimum absolute atomic E-state index is 0.0123. The molecule has 0 radical (unpaired) electrons. The summed E-state index contributed by atoms with van der Waals surface area (Å²) in [7, 11) is 0. The van der Waals surface area contributed by atoms with Crippen LogP contribution >= 0.6 is 0 Å². The van der Waals surface area contributed by atoms with Gasteiger partial charge in [0.15, 0.2) is 12.4 Å². The van der Waals surface area contributed by atoms with Crippen LogP contribution in [0.1, 0.15) is 22.8 Å². The van der Waals surface area contributed by atoms with E-state index >= 15 is 0 Å². The lowest BCUT2D eigenvalue weighted by Crippen LogP contribution is -2.43. The van der Waals surface area contributed by atoms with Gasteiger partial charge in [-0.15, -0.1) is 0 Å². The monoisotopic (exact) mass is 385 g/mol. The molecule has 28 heavy (non-hydrogen) atoms. The molecule has 0 saturated carbocycles. The predicted molar refractivity (Wildman–Crippen MR) is 101 cm³/mol. The highest BCUT2D eigenvalue weighted by molar-refractivity contribution is 5.97. The highest BCUT2D eigenvalue weighted by atomic mass is 16.6.